The van der Waals surface area contributed by atoms with Gasteiger partial charge in [-0.15, -0.1) is 0 Å². The fourth-order valence-electron chi connectivity index (χ4n) is 1.14. The van der Waals surface area contributed by atoms with Crippen LogP contribution in [0.1, 0.15) is 5.56 Å². The molecular weight excluding hydrogens is 216 g/mol. The molecule has 1 aliphatic heterocycles. The van der Waals surface area contributed by atoms with Crippen molar-refractivity contribution < 1.29 is 4.74 Å². The number of benzene rings is 1. The van der Waals surface area contributed by atoms with Crippen LogP contribution in [-0.2, 0) is 0 Å². The van der Waals surface area contributed by atoms with E-state index in [0.717, 1.165) is 21.4 Å². The molecule has 0 N–H and O–H groups in total. The molecule has 1 heterocycles. The number of rotatable bonds is 0. The molecule has 0 amide bonds. The summed E-state index contributed by atoms with van der Waals surface area (Å²) in [6.45, 7) is 3.90. The van der Waals surface area contributed by atoms with Crippen molar-refractivity contribution in [3.8, 4) is 5.75 Å². The van der Waals surface area contributed by atoms with Crippen molar-refractivity contribution in [2.75, 3.05) is 0 Å². The molecule has 0 unspecified atom stereocenters. The standard InChI is InChI=1S/C10H7BrO/c1-7-4-5-12-10-6-8(11)2-3-9(7)10/h2-6H,1H2. The zero-order chi connectivity index (χ0) is 8.55. The largest absolute Gasteiger partial charge is 0.464 e. The van der Waals surface area contributed by atoms with Gasteiger partial charge in [-0.25, -0.2) is 0 Å². The summed E-state index contributed by atoms with van der Waals surface area (Å²) < 4.78 is 6.32. The third-order valence-electron chi connectivity index (χ3n) is 1.75. The number of ether oxygens (including phenoxy) is 1. The van der Waals surface area contributed by atoms with Gasteiger partial charge in [0.15, 0.2) is 0 Å². The molecule has 60 valence electrons. The van der Waals surface area contributed by atoms with Crippen molar-refractivity contribution >= 4 is 21.5 Å². The lowest BCUT2D eigenvalue weighted by Gasteiger charge is -2.13. The van der Waals surface area contributed by atoms with Crippen molar-refractivity contribution in [2.24, 2.45) is 0 Å². The zero-order valence-electron chi connectivity index (χ0n) is 6.38. The van der Waals surface area contributed by atoms with E-state index in [-0.39, 0.29) is 0 Å². The van der Waals surface area contributed by atoms with E-state index in [1.54, 1.807) is 6.26 Å². The first-order valence-electron chi connectivity index (χ1n) is 3.59. The summed E-state index contributed by atoms with van der Waals surface area (Å²) in [6, 6.07) is 5.90. The van der Waals surface area contributed by atoms with Gasteiger partial charge >= 0.3 is 0 Å². The van der Waals surface area contributed by atoms with E-state index in [4.69, 9.17) is 4.74 Å². The van der Waals surface area contributed by atoms with Gasteiger partial charge in [-0.3, -0.25) is 0 Å². The Bertz CT molecular complexity index is 366. The summed E-state index contributed by atoms with van der Waals surface area (Å²) in [5.74, 6) is 0.858. The molecule has 1 nitrogen and oxygen atoms in total. The van der Waals surface area contributed by atoms with Gasteiger partial charge < -0.3 is 4.74 Å². The summed E-state index contributed by atoms with van der Waals surface area (Å²) in [6.07, 6.45) is 3.51. The van der Waals surface area contributed by atoms with E-state index in [1.807, 2.05) is 24.3 Å². The second-order valence-electron chi connectivity index (χ2n) is 2.59. The first-order chi connectivity index (χ1) is 5.77. The van der Waals surface area contributed by atoms with Crippen LogP contribution >= 0.6 is 15.9 Å². The van der Waals surface area contributed by atoms with E-state index < -0.39 is 0 Å². The molecule has 0 spiro atoms. The molecule has 1 aliphatic rings. The van der Waals surface area contributed by atoms with Crippen LogP contribution in [0.5, 0.6) is 5.75 Å². The van der Waals surface area contributed by atoms with Crippen LogP contribution in [0.2, 0.25) is 0 Å². The second kappa shape index (κ2) is 2.79. The average Bonchev–Trinajstić information content (AvgIpc) is 2.04. The maximum atomic E-state index is 5.30. The van der Waals surface area contributed by atoms with E-state index in [9.17, 15) is 0 Å². The molecule has 0 saturated carbocycles. The zero-order valence-corrected chi connectivity index (χ0v) is 7.97. The molecule has 2 rings (SSSR count). The van der Waals surface area contributed by atoms with Crippen molar-refractivity contribution in [1.29, 1.82) is 0 Å². The van der Waals surface area contributed by atoms with E-state index in [1.165, 1.54) is 0 Å². The molecule has 0 aromatic heterocycles. The summed E-state index contributed by atoms with van der Waals surface area (Å²) in [5.41, 5.74) is 2.05. The highest BCUT2D eigenvalue weighted by atomic mass is 79.9. The smallest absolute Gasteiger partial charge is 0.135 e. The number of halogens is 1. The Balaban J connectivity index is 2.58. The molecule has 0 aliphatic carbocycles. The van der Waals surface area contributed by atoms with Crippen LogP contribution < -0.4 is 4.74 Å². The Kier molecular flexibility index (Phi) is 1.77. The quantitative estimate of drug-likeness (QED) is 0.655. The fraction of sp³-hybridized carbons (Fsp3) is 0. The molecule has 2 heteroatoms. The Morgan fingerprint density at radius 2 is 2.17 bits per heavy atom. The Hall–Kier alpha value is -1.02. The van der Waals surface area contributed by atoms with Crippen molar-refractivity contribution in [3.63, 3.8) is 0 Å². The van der Waals surface area contributed by atoms with Crippen molar-refractivity contribution in [3.05, 3.63) is 47.2 Å². The molecule has 12 heavy (non-hydrogen) atoms. The highest BCUT2D eigenvalue weighted by molar-refractivity contribution is 9.10. The van der Waals surface area contributed by atoms with Crippen LogP contribution in [0.25, 0.3) is 5.57 Å². The van der Waals surface area contributed by atoms with Gasteiger partial charge in [-0.05, 0) is 29.8 Å². The normalized spacial score (nSPS) is 13.9. The molecule has 0 bridgehead atoms. The van der Waals surface area contributed by atoms with Gasteiger partial charge in [0.1, 0.15) is 5.75 Å². The maximum absolute atomic E-state index is 5.30. The monoisotopic (exact) mass is 222 g/mol. The third kappa shape index (κ3) is 1.18. The minimum atomic E-state index is 0.858. The lowest BCUT2D eigenvalue weighted by Crippen LogP contribution is -1.94. The van der Waals surface area contributed by atoms with Crippen LogP contribution in [0.3, 0.4) is 0 Å². The van der Waals surface area contributed by atoms with E-state index in [2.05, 4.69) is 22.5 Å². The van der Waals surface area contributed by atoms with Crippen molar-refractivity contribution in [2.45, 2.75) is 0 Å². The Morgan fingerprint density at radius 3 is 3.00 bits per heavy atom. The molecule has 1 aromatic rings. The Labute approximate surface area is 79.5 Å². The predicted molar refractivity (Wildman–Crippen MR) is 52.9 cm³/mol. The van der Waals surface area contributed by atoms with Crippen LogP contribution in [-0.4, -0.2) is 0 Å². The molecule has 0 atom stereocenters. The lowest BCUT2D eigenvalue weighted by molar-refractivity contribution is 0.475. The Morgan fingerprint density at radius 1 is 1.33 bits per heavy atom. The molecule has 0 radical (unpaired) electrons. The summed E-state index contributed by atoms with van der Waals surface area (Å²) in [7, 11) is 0. The number of fused-ring (bicyclic) bond motifs is 1. The molecule has 1 aromatic carbocycles. The summed E-state index contributed by atoms with van der Waals surface area (Å²) in [5, 5.41) is 0. The molecular formula is C10H7BrO. The van der Waals surface area contributed by atoms with E-state index >= 15 is 0 Å². The summed E-state index contributed by atoms with van der Waals surface area (Å²) >= 11 is 3.38. The van der Waals surface area contributed by atoms with Gasteiger partial charge in [0.2, 0.25) is 0 Å². The minimum Gasteiger partial charge on any atom is -0.464 e. The number of hydrogen-bond donors (Lipinski definition) is 0. The number of hydrogen-bond acceptors (Lipinski definition) is 1. The SMILES string of the molecule is C=C1C=COc2cc(Br)ccc21. The van der Waals surface area contributed by atoms with Crippen LogP contribution in [0, 0.1) is 0 Å². The van der Waals surface area contributed by atoms with Crippen LogP contribution in [0.4, 0.5) is 0 Å². The highest BCUT2D eigenvalue weighted by Gasteiger charge is 2.08. The fourth-order valence-corrected chi connectivity index (χ4v) is 1.48. The minimum absolute atomic E-state index is 0.858. The van der Waals surface area contributed by atoms with Gasteiger partial charge in [0.05, 0.1) is 6.26 Å². The molecule has 0 saturated heterocycles. The van der Waals surface area contributed by atoms with E-state index in [0.29, 0.717) is 0 Å². The second-order valence-corrected chi connectivity index (χ2v) is 3.50. The average molecular weight is 223 g/mol. The highest BCUT2D eigenvalue weighted by Crippen LogP contribution is 2.32. The number of allylic oxidation sites excluding steroid dienone is 2. The van der Waals surface area contributed by atoms with Crippen molar-refractivity contribution in [1.82, 2.24) is 0 Å². The van der Waals surface area contributed by atoms with Gasteiger partial charge in [0, 0.05) is 10.0 Å². The lowest BCUT2D eigenvalue weighted by atomic mass is 10.1. The topological polar surface area (TPSA) is 9.23 Å². The van der Waals surface area contributed by atoms with Gasteiger partial charge in [-0.2, -0.15) is 0 Å². The summed E-state index contributed by atoms with van der Waals surface area (Å²) in [4.78, 5) is 0. The first kappa shape index (κ1) is 7.62. The van der Waals surface area contributed by atoms with Gasteiger partial charge in [0.25, 0.3) is 0 Å². The molecule has 0 fully saturated rings. The first-order valence-corrected chi connectivity index (χ1v) is 4.39. The third-order valence-corrected chi connectivity index (χ3v) is 2.25. The maximum Gasteiger partial charge on any atom is 0.135 e. The predicted octanol–water partition coefficient (Wildman–Crippen LogP) is 3.37. The van der Waals surface area contributed by atoms with Crippen LogP contribution in [0.15, 0.2) is 41.6 Å². The van der Waals surface area contributed by atoms with Gasteiger partial charge in [-0.1, -0.05) is 22.5 Å².